The Morgan fingerprint density at radius 1 is 1.65 bits per heavy atom. The van der Waals surface area contributed by atoms with Crippen LogP contribution in [0.15, 0.2) is 10.3 Å². The lowest BCUT2D eigenvalue weighted by Gasteiger charge is -2.09. The zero-order chi connectivity index (χ0) is 13.2. The summed E-state index contributed by atoms with van der Waals surface area (Å²) in [7, 11) is -3.90. The van der Waals surface area contributed by atoms with Crippen LogP contribution in [0.1, 0.15) is 22.2 Å². The van der Waals surface area contributed by atoms with Crippen LogP contribution in [0.4, 0.5) is 0 Å². The first-order valence-electron chi connectivity index (χ1n) is 4.59. The molecule has 1 rings (SSSR count). The van der Waals surface area contributed by atoms with Crippen molar-refractivity contribution in [3.63, 3.8) is 0 Å². The molecule has 0 aromatic carbocycles. The third-order valence-corrected chi connectivity index (χ3v) is 4.91. The maximum atomic E-state index is 11.9. The lowest BCUT2D eigenvalue weighted by Crippen LogP contribution is -2.32. The van der Waals surface area contributed by atoms with Gasteiger partial charge in [-0.05, 0) is 24.8 Å². The number of aryl methyl sites for hydroxylation is 1. The van der Waals surface area contributed by atoms with E-state index in [4.69, 9.17) is 11.5 Å². The van der Waals surface area contributed by atoms with Gasteiger partial charge in [0.2, 0.25) is 10.0 Å². The van der Waals surface area contributed by atoms with Crippen molar-refractivity contribution in [3.8, 4) is 12.3 Å². The second-order valence-electron chi connectivity index (χ2n) is 3.39. The van der Waals surface area contributed by atoms with E-state index in [0.29, 0.717) is 5.56 Å². The minimum Gasteiger partial charge on any atom is -0.477 e. The lowest BCUT2D eigenvalue weighted by atomic mass is 10.3. The summed E-state index contributed by atoms with van der Waals surface area (Å²) in [5.41, 5.74) is 0.393. The molecule has 17 heavy (non-hydrogen) atoms. The molecule has 1 aromatic heterocycles. The van der Waals surface area contributed by atoms with E-state index in [1.165, 1.54) is 19.2 Å². The van der Waals surface area contributed by atoms with Gasteiger partial charge in [-0.1, -0.05) is 5.92 Å². The molecule has 92 valence electrons. The third-order valence-electron chi connectivity index (χ3n) is 1.96. The molecule has 1 aromatic rings. The van der Waals surface area contributed by atoms with Crippen LogP contribution in [0.2, 0.25) is 0 Å². The molecule has 5 nitrogen and oxygen atoms in total. The normalized spacial score (nSPS) is 13.0. The molecule has 7 heteroatoms. The molecule has 0 saturated heterocycles. The van der Waals surface area contributed by atoms with Crippen molar-refractivity contribution < 1.29 is 18.3 Å². The Balaban J connectivity index is 3.29. The first-order chi connectivity index (χ1) is 7.79. The highest BCUT2D eigenvalue weighted by Gasteiger charge is 2.27. The van der Waals surface area contributed by atoms with E-state index in [2.05, 4.69) is 10.6 Å². The fourth-order valence-corrected chi connectivity index (χ4v) is 4.04. The maximum Gasteiger partial charge on any atom is 0.347 e. The van der Waals surface area contributed by atoms with Gasteiger partial charge in [0.15, 0.2) is 0 Å². The van der Waals surface area contributed by atoms with Crippen molar-refractivity contribution in [2.24, 2.45) is 0 Å². The zero-order valence-corrected chi connectivity index (χ0v) is 10.9. The number of sulfonamides is 1. The van der Waals surface area contributed by atoms with Gasteiger partial charge in [0, 0.05) is 0 Å². The van der Waals surface area contributed by atoms with Crippen LogP contribution in [0.25, 0.3) is 0 Å². The number of thiophene rings is 1. The molecule has 0 aliphatic carbocycles. The van der Waals surface area contributed by atoms with Gasteiger partial charge in [0.25, 0.3) is 0 Å². The Morgan fingerprint density at radius 2 is 2.24 bits per heavy atom. The highest BCUT2D eigenvalue weighted by atomic mass is 32.2. The van der Waals surface area contributed by atoms with Gasteiger partial charge >= 0.3 is 5.97 Å². The van der Waals surface area contributed by atoms with Crippen LogP contribution in [-0.4, -0.2) is 25.5 Å². The van der Waals surface area contributed by atoms with Crippen LogP contribution in [0.5, 0.6) is 0 Å². The average molecular weight is 273 g/mol. The Morgan fingerprint density at radius 3 is 2.71 bits per heavy atom. The summed E-state index contributed by atoms with van der Waals surface area (Å²) in [5, 5.41) is 10.4. The van der Waals surface area contributed by atoms with Crippen LogP contribution >= 0.6 is 11.3 Å². The summed E-state index contributed by atoms with van der Waals surface area (Å²) in [6.45, 7) is 3.04. The Kier molecular flexibility index (Phi) is 3.93. The fourth-order valence-electron chi connectivity index (χ4n) is 1.24. The second-order valence-corrected chi connectivity index (χ2v) is 5.92. The number of hydrogen-bond acceptors (Lipinski definition) is 4. The number of carboxylic acid groups (broad SMARTS) is 1. The number of nitrogens with one attached hydrogen (secondary N) is 1. The highest BCUT2D eigenvalue weighted by molar-refractivity contribution is 7.89. The lowest BCUT2D eigenvalue weighted by molar-refractivity contribution is 0.0698. The van der Waals surface area contributed by atoms with E-state index in [-0.39, 0.29) is 9.77 Å². The van der Waals surface area contributed by atoms with Crippen molar-refractivity contribution in [2.45, 2.75) is 24.8 Å². The summed E-state index contributed by atoms with van der Waals surface area (Å²) in [6, 6.07) is -0.694. The summed E-state index contributed by atoms with van der Waals surface area (Å²) < 4.78 is 26.1. The minimum absolute atomic E-state index is 0.209. The first-order valence-corrected chi connectivity index (χ1v) is 6.95. The number of carboxylic acids is 1. The number of carbonyl (C=O) groups is 1. The molecule has 0 bridgehead atoms. The van der Waals surface area contributed by atoms with Gasteiger partial charge in [-0.3, -0.25) is 0 Å². The van der Waals surface area contributed by atoms with E-state index in [0.717, 1.165) is 11.3 Å². The maximum absolute atomic E-state index is 11.9. The molecule has 0 amide bonds. The van der Waals surface area contributed by atoms with Crippen LogP contribution in [0, 0.1) is 19.3 Å². The zero-order valence-electron chi connectivity index (χ0n) is 9.22. The molecule has 1 unspecified atom stereocenters. The molecule has 0 spiro atoms. The van der Waals surface area contributed by atoms with E-state index in [1.807, 2.05) is 0 Å². The molecule has 2 N–H and O–H groups in total. The molecular weight excluding hydrogens is 262 g/mol. The SMILES string of the molecule is C#CC(C)NS(=O)(=O)c1c(C)csc1C(=O)O. The average Bonchev–Trinajstić information content (AvgIpc) is 2.60. The Labute approximate surface area is 104 Å². The summed E-state index contributed by atoms with van der Waals surface area (Å²) in [5.74, 6) is 0.950. The monoisotopic (exact) mass is 273 g/mol. The molecule has 0 saturated carbocycles. The standard InChI is InChI=1S/C10H11NO4S2/c1-4-7(3)11-17(14,15)9-6(2)5-16-8(9)10(12)13/h1,5,7,11H,2-3H3,(H,12,13). The molecule has 0 fully saturated rings. The van der Waals surface area contributed by atoms with Crippen LogP contribution in [0.3, 0.4) is 0 Å². The minimum atomic E-state index is -3.90. The second kappa shape index (κ2) is 4.87. The van der Waals surface area contributed by atoms with E-state index in [9.17, 15) is 13.2 Å². The number of aromatic carboxylic acids is 1. The van der Waals surface area contributed by atoms with Gasteiger partial charge < -0.3 is 5.11 Å². The Hall–Kier alpha value is -1.36. The summed E-state index contributed by atoms with van der Waals surface area (Å²) in [4.78, 5) is 10.5. The summed E-state index contributed by atoms with van der Waals surface area (Å²) in [6.07, 6.45) is 5.08. The van der Waals surface area contributed by atoms with Crippen molar-refractivity contribution in [1.29, 1.82) is 0 Å². The molecule has 0 radical (unpaired) electrons. The van der Waals surface area contributed by atoms with Gasteiger partial charge in [-0.2, -0.15) is 4.72 Å². The number of rotatable bonds is 4. The van der Waals surface area contributed by atoms with Gasteiger partial charge in [-0.15, -0.1) is 17.8 Å². The van der Waals surface area contributed by atoms with E-state index >= 15 is 0 Å². The van der Waals surface area contributed by atoms with Crippen molar-refractivity contribution >= 4 is 27.3 Å². The van der Waals surface area contributed by atoms with Gasteiger partial charge in [0.1, 0.15) is 9.77 Å². The van der Waals surface area contributed by atoms with Crippen LogP contribution < -0.4 is 4.72 Å². The predicted molar refractivity (Wildman–Crippen MR) is 64.6 cm³/mol. The smallest absolute Gasteiger partial charge is 0.347 e. The Bertz CT molecular complexity index is 580. The first kappa shape index (κ1) is 13.7. The van der Waals surface area contributed by atoms with Crippen LogP contribution in [-0.2, 0) is 10.0 Å². The van der Waals surface area contributed by atoms with Crippen molar-refractivity contribution in [3.05, 3.63) is 15.8 Å². The predicted octanol–water partition coefficient (Wildman–Crippen LogP) is 1.05. The number of hydrogen-bond donors (Lipinski definition) is 2. The van der Waals surface area contributed by atoms with E-state index in [1.54, 1.807) is 0 Å². The fraction of sp³-hybridized carbons (Fsp3) is 0.300. The topological polar surface area (TPSA) is 83.5 Å². The number of terminal acetylenes is 1. The molecule has 0 aliphatic rings. The molecular formula is C10H11NO4S2. The largest absolute Gasteiger partial charge is 0.477 e. The van der Waals surface area contributed by atoms with E-state index < -0.39 is 22.0 Å². The van der Waals surface area contributed by atoms with Crippen molar-refractivity contribution in [1.82, 2.24) is 4.72 Å². The van der Waals surface area contributed by atoms with Gasteiger partial charge in [-0.25, -0.2) is 13.2 Å². The highest BCUT2D eigenvalue weighted by Crippen LogP contribution is 2.26. The summed E-state index contributed by atoms with van der Waals surface area (Å²) >= 11 is 0.875. The molecule has 1 atom stereocenters. The van der Waals surface area contributed by atoms with Crippen molar-refractivity contribution in [2.75, 3.05) is 0 Å². The molecule has 0 aliphatic heterocycles. The quantitative estimate of drug-likeness (QED) is 0.803. The molecule has 1 heterocycles. The third kappa shape index (κ3) is 2.85. The van der Waals surface area contributed by atoms with Gasteiger partial charge in [0.05, 0.1) is 6.04 Å².